The molecule has 2 amide bonds. The molecule has 110 valence electrons. The number of nitrogens with zero attached hydrogens (tertiary/aromatic N) is 1. The molecule has 2 N–H and O–H groups in total. The van der Waals surface area contributed by atoms with Crippen LogP contribution in [0.5, 0.6) is 0 Å². The van der Waals surface area contributed by atoms with Crippen LogP contribution in [-0.4, -0.2) is 33.2 Å². The van der Waals surface area contributed by atoms with Gasteiger partial charge >= 0.3 is 6.03 Å². The van der Waals surface area contributed by atoms with E-state index < -0.39 is 21.8 Å². The van der Waals surface area contributed by atoms with Crippen molar-refractivity contribution in [2.45, 2.75) is 19.9 Å². The first-order valence-electron chi connectivity index (χ1n) is 5.92. The van der Waals surface area contributed by atoms with Gasteiger partial charge in [0.15, 0.2) is 0 Å². The van der Waals surface area contributed by atoms with Crippen LogP contribution >= 0.6 is 0 Å². The highest BCUT2D eigenvalue weighted by Gasteiger charge is 2.12. The van der Waals surface area contributed by atoms with Gasteiger partial charge in [-0.15, -0.1) is 0 Å². The van der Waals surface area contributed by atoms with Gasteiger partial charge in [-0.1, -0.05) is 0 Å². The van der Waals surface area contributed by atoms with Gasteiger partial charge in [0.05, 0.1) is 4.92 Å². The molecule has 8 heteroatoms. The third-order valence-corrected chi connectivity index (χ3v) is 3.50. The van der Waals surface area contributed by atoms with Crippen molar-refractivity contribution < 1.29 is 13.9 Å². The van der Waals surface area contributed by atoms with Crippen LogP contribution in [0.15, 0.2) is 18.2 Å². The largest absolute Gasteiger partial charge is 0.334 e. The molecule has 2 atom stereocenters. The van der Waals surface area contributed by atoms with Crippen LogP contribution in [0.4, 0.5) is 16.2 Å². The summed E-state index contributed by atoms with van der Waals surface area (Å²) in [5.74, 6) is 0.368. The average molecular weight is 299 g/mol. The minimum absolute atomic E-state index is 0.0248. The molecule has 0 saturated heterocycles. The fourth-order valence-corrected chi connectivity index (χ4v) is 2.47. The molecule has 0 fully saturated rings. The maximum Gasteiger partial charge on any atom is 0.319 e. The zero-order valence-electron chi connectivity index (χ0n) is 11.5. The van der Waals surface area contributed by atoms with Crippen LogP contribution in [0.3, 0.4) is 0 Å². The zero-order valence-corrected chi connectivity index (χ0v) is 12.3. The smallest absolute Gasteiger partial charge is 0.319 e. The topological polar surface area (TPSA) is 101 Å². The number of hydrogen-bond donors (Lipinski definition) is 2. The van der Waals surface area contributed by atoms with Crippen LogP contribution in [-0.2, 0) is 10.8 Å². The Labute approximate surface area is 119 Å². The lowest BCUT2D eigenvalue weighted by atomic mass is 10.2. The fraction of sp³-hybridized carbons (Fsp3) is 0.417. The highest BCUT2D eigenvalue weighted by atomic mass is 32.2. The number of aryl methyl sites for hydroxylation is 1. The van der Waals surface area contributed by atoms with Crippen molar-refractivity contribution in [2.24, 2.45) is 0 Å². The second-order valence-electron chi connectivity index (χ2n) is 4.50. The average Bonchev–Trinajstić information content (AvgIpc) is 2.30. The Kier molecular flexibility index (Phi) is 5.63. The Morgan fingerprint density at radius 1 is 1.50 bits per heavy atom. The molecule has 0 aliphatic rings. The number of amides is 2. The highest BCUT2D eigenvalue weighted by Crippen LogP contribution is 2.20. The number of carbonyl (C=O) groups is 1. The lowest BCUT2D eigenvalue weighted by molar-refractivity contribution is -0.384. The summed E-state index contributed by atoms with van der Waals surface area (Å²) in [4.78, 5) is 21.8. The summed E-state index contributed by atoms with van der Waals surface area (Å²) in [6, 6.07) is 3.54. The first-order chi connectivity index (χ1) is 9.29. The first-order valence-corrected chi connectivity index (χ1v) is 7.65. The molecule has 0 aliphatic carbocycles. The quantitative estimate of drug-likeness (QED) is 0.639. The number of rotatable bonds is 5. The maximum absolute atomic E-state index is 11.7. The van der Waals surface area contributed by atoms with Crippen molar-refractivity contribution in [1.29, 1.82) is 0 Å². The van der Waals surface area contributed by atoms with Crippen LogP contribution < -0.4 is 10.6 Å². The molecule has 0 heterocycles. The Morgan fingerprint density at radius 3 is 2.65 bits per heavy atom. The summed E-state index contributed by atoms with van der Waals surface area (Å²) in [6.45, 7) is 3.43. The van der Waals surface area contributed by atoms with Crippen LogP contribution in [0.25, 0.3) is 0 Å². The lowest BCUT2D eigenvalue weighted by Crippen LogP contribution is -2.39. The maximum atomic E-state index is 11.7. The molecule has 1 aromatic rings. The molecule has 0 aliphatic heterocycles. The van der Waals surface area contributed by atoms with Gasteiger partial charge in [-0.2, -0.15) is 0 Å². The van der Waals surface area contributed by atoms with E-state index in [0.717, 1.165) is 0 Å². The molecular formula is C12H17N3O4S. The molecule has 7 nitrogen and oxygen atoms in total. The van der Waals surface area contributed by atoms with Crippen molar-refractivity contribution in [1.82, 2.24) is 5.32 Å². The molecule has 1 aromatic carbocycles. The van der Waals surface area contributed by atoms with Crippen molar-refractivity contribution in [2.75, 3.05) is 17.3 Å². The summed E-state index contributed by atoms with van der Waals surface area (Å²) in [5.41, 5.74) is 1.07. The summed E-state index contributed by atoms with van der Waals surface area (Å²) in [5, 5.41) is 15.9. The molecule has 0 bridgehead atoms. The molecule has 1 rings (SSSR count). The number of urea groups is 1. The summed E-state index contributed by atoms with van der Waals surface area (Å²) >= 11 is 0. The standard InChI is InChI=1S/C12H17N3O4S/c1-8-6-10(15(17)18)4-5-11(8)14-12(16)13-9(2)7-20(3)19/h4-6,9H,7H2,1-3H3,(H2,13,14,16)/t9-,20-/m1/s1. The third kappa shape index (κ3) is 4.96. The molecule has 20 heavy (non-hydrogen) atoms. The second kappa shape index (κ2) is 6.99. The van der Waals surface area contributed by atoms with E-state index in [1.54, 1.807) is 20.1 Å². The Bertz CT molecular complexity index is 548. The molecule has 0 spiro atoms. The Balaban J connectivity index is 2.67. The van der Waals surface area contributed by atoms with Crippen molar-refractivity contribution >= 4 is 28.2 Å². The normalized spacial score (nSPS) is 13.3. The van der Waals surface area contributed by atoms with E-state index >= 15 is 0 Å². The number of hydrogen-bond acceptors (Lipinski definition) is 4. The van der Waals surface area contributed by atoms with Crippen LogP contribution in [0.1, 0.15) is 12.5 Å². The summed E-state index contributed by atoms with van der Waals surface area (Å²) < 4.78 is 11.0. The van der Waals surface area contributed by atoms with E-state index in [-0.39, 0.29) is 11.7 Å². The van der Waals surface area contributed by atoms with Crippen molar-refractivity contribution in [3.05, 3.63) is 33.9 Å². The number of anilines is 1. The number of benzene rings is 1. The highest BCUT2D eigenvalue weighted by molar-refractivity contribution is 7.84. The lowest BCUT2D eigenvalue weighted by Gasteiger charge is -2.14. The first kappa shape index (κ1) is 16.1. The van der Waals surface area contributed by atoms with Gasteiger partial charge < -0.3 is 10.6 Å². The molecule has 0 aromatic heterocycles. The monoisotopic (exact) mass is 299 g/mol. The Morgan fingerprint density at radius 2 is 2.15 bits per heavy atom. The van der Waals surface area contributed by atoms with Gasteiger partial charge in [0.2, 0.25) is 0 Å². The number of non-ortho nitro benzene ring substituents is 1. The van der Waals surface area contributed by atoms with Crippen LogP contribution in [0, 0.1) is 17.0 Å². The van der Waals surface area contributed by atoms with E-state index in [1.807, 2.05) is 0 Å². The van der Waals surface area contributed by atoms with Crippen LogP contribution in [0.2, 0.25) is 0 Å². The van der Waals surface area contributed by atoms with Crippen molar-refractivity contribution in [3.63, 3.8) is 0 Å². The molecule has 0 radical (unpaired) electrons. The minimum atomic E-state index is -0.989. The molecule has 0 unspecified atom stereocenters. The minimum Gasteiger partial charge on any atom is -0.334 e. The predicted octanol–water partition coefficient (Wildman–Crippen LogP) is 1.79. The molecular weight excluding hydrogens is 282 g/mol. The van der Waals surface area contributed by atoms with Gasteiger partial charge in [0.1, 0.15) is 0 Å². The third-order valence-electron chi connectivity index (χ3n) is 2.53. The number of nitrogens with one attached hydrogen (secondary N) is 2. The zero-order chi connectivity index (χ0) is 15.3. The van der Waals surface area contributed by atoms with Crippen molar-refractivity contribution in [3.8, 4) is 0 Å². The van der Waals surface area contributed by atoms with E-state index in [2.05, 4.69) is 10.6 Å². The fourth-order valence-electron chi connectivity index (χ4n) is 1.68. The van der Waals surface area contributed by atoms with E-state index in [4.69, 9.17) is 0 Å². The van der Waals surface area contributed by atoms with E-state index in [1.165, 1.54) is 18.2 Å². The van der Waals surface area contributed by atoms with Gasteiger partial charge in [-0.05, 0) is 25.5 Å². The van der Waals surface area contributed by atoms with Gasteiger partial charge in [0.25, 0.3) is 5.69 Å². The molecule has 0 saturated carbocycles. The summed E-state index contributed by atoms with van der Waals surface area (Å²) in [6.07, 6.45) is 1.57. The Hall–Kier alpha value is -1.96. The SMILES string of the molecule is Cc1cc([N+](=O)[O-])ccc1NC(=O)N[C@H](C)C[S@@](C)=O. The van der Waals surface area contributed by atoms with E-state index in [0.29, 0.717) is 17.0 Å². The second-order valence-corrected chi connectivity index (χ2v) is 5.98. The number of nitro groups is 1. The summed E-state index contributed by atoms with van der Waals surface area (Å²) in [7, 11) is -0.989. The van der Waals surface area contributed by atoms with E-state index in [9.17, 15) is 19.1 Å². The number of nitro benzene ring substituents is 1. The van der Waals surface area contributed by atoms with Gasteiger partial charge in [-0.3, -0.25) is 14.3 Å². The van der Waals surface area contributed by atoms with Gasteiger partial charge in [0, 0.05) is 46.7 Å². The predicted molar refractivity (Wildman–Crippen MR) is 78.4 cm³/mol. The number of carbonyl (C=O) groups excluding carboxylic acids is 1. The van der Waals surface area contributed by atoms with Gasteiger partial charge in [-0.25, -0.2) is 4.79 Å².